The number of piperidine rings is 1. The lowest BCUT2D eigenvalue weighted by Gasteiger charge is -2.31. The highest BCUT2D eigenvalue weighted by molar-refractivity contribution is 9.10. The molecule has 1 atom stereocenters. The van der Waals surface area contributed by atoms with Crippen molar-refractivity contribution in [2.24, 2.45) is 5.92 Å². The minimum absolute atomic E-state index is 0.115. The first-order valence-corrected chi connectivity index (χ1v) is 11.6. The zero-order chi connectivity index (χ0) is 21.3. The molecule has 1 aromatic carbocycles. The van der Waals surface area contributed by atoms with Gasteiger partial charge in [0.25, 0.3) is 5.91 Å². The van der Waals surface area contributed by atoms with E-state index < -0.39 is 0 Å². The van der Waals surface area contributed by atoms with Gasteiger partial charge in [-0.1, -0.05) is 12.1 Å². The molecule has 1 aliphatic rings. The van der Waals surface area contributed by atoms with Crippen LogP contribution in [0, 0.1) is 11.7 Å². The normalized spacial score (nSPS) is 16.8. The first-order chi connectivity index (χ1) is 14.5. The van der Waals surface area contributed by atoms with Crippen LogP contribution < -0.4 is 0 Å². The highest BCUT2D eigenvalue weighted by atomic mass is 79.9. The molecule has 2 aromatic heterocycles. The minimum atomic E-state index is -0.304. The van der Waals surface area contributed by atoms with Gasteiger partial charge in [0.05, 0.1) is 27.2 Å². The first-order valence-electron chi connectivity index (χ1n) is 9.94. The van der Waals surface area contributed by atoms with E-state index in [9.17, 15) is 14.0 Å². The van der Waals surface area contributed by atoms with Crippen LogP contribution in [-0.2, 0) is 16.1 Å². The Morgan fingerprint density at radius 1 is 1.33 bits per heavy atom. The number of ether oxygens (including phenoxy) is 1. The molecule has 0 N–H and O–H groups in total. The van der Waals surface area contributed by atoms with Crippen molar-refractivity contribution in [1.29, 1.82) is 0 Å². The third kappa shape index (κ3) is 4.16. The molecule has 0 radical (unpaired) electrons. The maximum Gasteiger partial charge on any atom is 0.310 e. The number of thiophene rings is 1. The van der Waals surface area contributed by atoms with Gasteiger partial charge in [0.15, 0.2) is 0 Å². The predicted octanol–water partition coefficient (Wildman–Crippen LogP) is 5.07. The van der Waals surface area contributed by atoms with Crippen LogP contribution in [0.2, 0.25) is 0 Å². The number of likely N-dealkylation sites (tertiary alicyclic amines) is 1. The highest BCUT2D eigenvalue weighted by Gasteiger charge is 2.31. The smallest absolute Gasteiger partial charge is 0.310 e. The molecule has 3 aromatic rings. The molecule has 158 valence electrons. The number of esters is 1. The zero-order valence-electron chi connectivity index (χ0n) is 16.6. The molecule has 1 aliphatic heterocycles. The lowest BCUT2D eigenvalue weighted by Crippen LogP contribution is -2.43. The summed E-state index contributed by atoms with van der Waals surface area (Å²) in [6, 6.07) is 8.30. The third-order valence-electron chi connectivity index (χ3n) is 5.35. The van der Waals surface area contributed by atoms with E-state index in [2.05, 4.69) is 15.9 Å². The maximum atomic E-state index is 13.7. The van der Waals surface area contributed by atoms with Crippen LogP contribution in [0.25, 0.3) is 10.2 Å². The number of fused-ring (bicyclic) bond motifs is 1. The number of nitrogens with zero attached hydrogens (tertiary/aromatic N) is 2. The maximum absolute atomic E-state index is 13.7. The number of carbonyl (C=O) groups excluding carboxylic acids is 2. The van der Waals surface area contributed by atoms with Crippen LogP contribution in [0.5, 0.6) is 0 Å². The highest BCUT2D eigenvalue weighted by Crippen LogP contribution is 2.34. The average molecular weight is 493 g/mol. The molecule has 0 aliphatic carbocycles. The van der Waals surface area contributed by atoms with Crippen LogP contribution in [0.1, 0.15) is 35.8 Å². The van der Waals surface area contributed by atoms with Gasteiger partial charge in [0, 0.05) is 25.0 Å². The second-order valence-corrected chi connectivity index (χ2v) is 9.15. The van der Waals surface area contributed by atoms with Crippen LogP contribution >= 0.6 is 27.3 Å². The molecule has 1 saturated heterocycles. The van der Waals surface area contributed by atoms with Gasteiger partial charge in [-0.25, -0.2) is 4.39 Å². The number of rotatable bonds is 5. The van der Waals surface area contributed by atoms with Crippen molar-refractivity contribution in [2.45, 2.75) is 26.3 Å². The summed E-state index contributed by atoms with van der Waals surface area (Å²) in [5.74, 6) is -0.951. The Bertz CT molecular complexity index is 1090. The topological polar surface area (TPSA) is 51.5 Å². The van der Waals surface area contributed by atoms with Gasteiger partial charge >= 0.3 is 5.97 Å². The van der Waals surface area contributed by atoms with Crippen LogP contribution in [-0.4, -0.2) is 41.0 Å². The molecular weight excluding hydrogens is 471 g/mol. The lowest BCUT2D eigenvalue weighted by molar-refractivity contribution is -0.149. The largest absolute Gasteiger partial charge is 0.466 e. The summed E-state index contributed by atoms with van der Waals surface area (Å²) in [6.45, 7) is 3.47. The number of benzene rings is 1. The van der Waals surface area contributed by atoms with Gasteiger partial charge in [0.2, 0.25) is 0 Å². The Labute approximate surface area is 186 Å². The summed E-state index contributed by atoms with van der Waals surface area (Å²) in [5.41, 5.74) is 2.25. The Hall–Kier alpha value is -2.19. The fourth-order valence-electron chi connectivity index (χ4n) is 3.97. The van der Waals surface area contributed by atoms with Crippen molar-refractivity contribution in [3.05, 3.63) is 57.3 Å². The quantitative estimate of drug-likeness (QED) is 0.467. The van der Waals surface area contributed by atoms with Crippen molar-refractivity contribution in [2.75, 3.05) is 19.7 Å². The minimum Gasteiger partial charge on any atom is -0.466 e. The summed E-state index contributed by atoms with van der Waals surface area (Å²) in [5, 5.41) is 1.98. The molecule has 1 amide bonds. The van der Waals surface area contributed by atoms with E-state index in [1.54, 1.807) is 29.2 Å². The van der Waals surface area contributed by atoms with E-state index in [0.717, 1.165) is 33.1 Å². The van der Waals surface area contributed by atoms with E-state index in [0.29, 0.717) is 31.9 Å². The number of carbonyl (C=O) groups is 2. The van der Waals surface area contributed by atoms with E-state index >= 15 is 0 Å². The molecule has 3 heterocycles. The Balaban J connectivity index is 1.66. The first kappa shape index (κ1) is 21.1. The summed E-state index contributed by atoms with van der Waals surface area (Å²) < 4.78 is 22.7. The van der Waals surface area contributed by atoms with E-state index in [1.807, 2.05) is 22.1 Å². The van der Waals surface area contributed by atoms with Crippen LogP contribution in [0.3, 0.4) is 0 Å². The van der Waals surface area contributed by atoms with Gasteiger partial charge < -0.3 is 14.2 Å². The molecule has 0 saturated carbocycles. The van der Waals surface area contributed by atoms with Gasteiger partial charge in [-0.2, -0.15) is 0 Å². The monoisotopic (exact) mass is 492 g/mol. The standard InChI is InChI=1S/C22H22BrFN2O3S/c1-2-29-22(28)15-6-4-8-25(12-15)21(27)18-10-19-20(17(23)13-30-19)26(18)11-14-5-3-7-16(24)9-14/h3,5,7,9-10,13,15H,2,4,6,8,11-12H2,1H3. The van der Waals surface area contributed by atoms with E-state index in [4.69, 9.17) is 4.74 Å². The third-order valence-corrected chi connectivity index (χ3v) is 7.18. The lowest BCUT2D eigenvalue weighted by atomic mass is 9.98. The fourth-order valence-corrected chi connectivity index (χ4v) is 5.66. The molecule has 30 heavy (non-hydrogen) atoms. The van der Waals surface area contributed by atoms with Crippen molar-refractivity contribution in [1.82, 2.24) is 9.47 Å². The SMILES string of the molecule is CCOC(=O)C1CCCN(C(=O)c2cc3scc(Br)c3n2Cc2cccc(F)c2)C1. The molecule has 4 rings (SSSR count). The second kappa shape index (κ2) is 8.89. The predicted molar refractivity (Wildman–Crippen MR) is 118 cm³/mol. The molecule has 0 bridgehead atoms. The van der Waals surface area contributed by atoms with E-state index in [1.165, 1.54) is 12.1 Å². The Kier molecular flexibility index (Phi) is 6.24. The Morgan fingerprint density at radius 3 is 2.93 bits per heavy atom. The number of halogens is 2. The Morgan fingerprint density at radius 2 is 2.17 bits per heavy atom. The fraction of sp³-hybridized carbons (Fsp3) is 0.364. The molecular formula is C22H22BrFN2O3S. The van der Waals surface area contributed by atoms with Gasteiger partial charge in [0.1, 0.15) is 11.5 Å². The summed E-state index contributed by atoms with van der Waals surface area (Å²) in [6.07, 6.45) is 1.49. The number of aromatic nitrogens is 1. The summed E-state index contributed by atoms with van der Waals surface area (Å²) in [4.78, 5) is 27.4. The average Bonchev–Trinajstić information content (AvgIpc) is 3.28. The molecule has 1 fully saturated rings. The van der Waals surface area contributed by atoms with Gasteiger partial charge in [-0.05, 0) is 59.5 Å². The van der Waals surface area contributed by atoms with Crippen molar-refractivity contribution < 1.29 is 18.7 Å². The molecule has 5 nitrogen and oxygen atoms in total. The van der Waals surface area contributed by atoms with Crippen LogP contribution in [0.15, 0.2) is 40.2 Å². The van der Waals surface area contributed by atoms with Crippen LogP contribution in [0.4, 0.5) is 4.39 Å². The van der Waals surface area contributed by atoms with Crippen molar-refractivity contribution >= 4 is 49.4 Å². The van der Waals surface area contributed by atoms with Crippen molar-refractivity contribution in [3.63, 3.8) is 0 Å². The van der Waals surface area contributed by atoms with Gasteiger partial charge in [-0.15, -0.1) is 11.3 Å². The summed E-state index contributed by atoms with van der Waals surface area (Å²) in [7, 11) is 0. The number of hydrogen-bond acceptors (Lipinski definition) is 4. The molecule has 8 heteroatoms. The molecule has 1 unspecified atom stereocenters. The van der Waals surface area contributed by atoms with Crippen molar-refractivity contribution in [3.8, 4) is 0 Å². The number of amides is 1. The molecule has 0 spiro atoms. The second-order valence-electron chi connectivity index (χ2n) is 7.38. The summed E-state index contributed by atoms with van der Waals surface area (Å²) >= 11 is 5.13. The number of hydrogen-bond donors (Lipinski definition) is 0. The zero-order valence-corrected chi connectivity index (χ0v) is 19.0. The van der Waals surface area contributed by atoms with E-state index in [-0.39, 0.29) is 23.6 Å². The van der Waals surface area contributed by atoms with Gasteiger partial charge in [-0.3, -0.25) is 9.59 Å².